The third kappa shape index (κ3) is 4.82. The fraction of sp³-hybridized carbons (Fsp3) is 0.348. The number of likely N-dealkylation sites (tertiary alicyclic amines) is 1. The lowest BCUT2D eigenvalue weighted by molar-refractivity contribution is 0.0627. The van der Waals surface area contributed by atoms with Crippen LogP contribution in [0.2, 0.25) is 5.02 Å². The number of aromatic nitrogens is 3. The van der Waals surface area contributed by atoms with Crippen molar-refractivity contribution in [1.29, 1.82) is 0 Å². The molecule has 1 atom stereocenters. The monoisotopic (exact) mass is 424 g/mol. The predicted octanol–water partition coefficient (Wildman–Crippen LogP) is 4.22. The van der Waals surface area contributed by atoms with Crippen molar-refractivity contribution >= 4 is 17.5 Å². The molecule has 2 aromatic carbocycles. The Bertz CT molecular complexity index is 1020. The van der Waals surface area contributed by atoms with E-state index in [2.05, 4.69) is 10.3 Å². The van der Waals surface area contributed by atoms with Crippen molar-refractivity contribution in [3.05, 3.63) is 76.6 Å². The van der Waals surface area contributed by atoms with Crippen LogP contribution < -0.4 is 4.74 Å². The van der Waals surface area contributed by atoms with E-state index in [4.69, 9.17) is 16.3 Å². The summed E-state index contributed by atoms with van der Waals surface area (Å²) >= 11 is 6.22. The van der Waals surface area contributed by atoms with E-state index in [9.17, 15) is 4.79 Å². The van der Waals surface area contributed by atoms with E-state index < -0.39 is 0 Å². The van der Waals surface area contributed by atoms with Crippen molar-refractivity contribution in [2.45, 2.75) is 26.3 Å². The van der Waals surface area contributed by atoms with Gasteiger partial charge < -0.3 is 9.64 Å². The lowest BCUT2D eigenvalue weighted by Crippen LogP contribution is -2.41. The maximum absolute atomic E-state index is 12.9. The minimum absolute atomic E-state index is 0.0824. The number of carbonyl (C=O) groups is 1. The van der Waals surface area contributed by atoms with Gasteiger partial charge in [-0.15, -0.1) is 5.10 Å². The standard InChI is InChI=1S/C23H25ClN4O2/c1-17-7-2-5-11-22(17)30-16-18-8-6-12-27(13-18)23(29)21-15-28(26-25-21)14-19-9-3-4-10-20(19)24/h2-5,7,9-11,15,18H,6,8,12-14,16H2,1H3/t18-/m1/s1. The van der Waals surface area contributed by atoms with E-state index in [0.717, 1.165) is 36.3 Å². The van der Waals surface area contributed by atoms with Gasteiger partial charge in [0.1, 0.15) is 5.75 Å². The third-order valence-electron chi connectivity index (χ3n) is 5.42. The first-order valence-corrected chi connectivity index (χ1v) is 10.6. The Kier molecular flexibility index (Phi) is 6.33. The number of halogens is 1. The van der Waals surface area contributed by atoms with Gasteiger partial charge in [0.15, 0.2) is 5.69 Å². The molecule has 1 aromatic heterocycles. The van der Waals surface area contributed by atoms with Crippen molar-refractivity contribution in [2.75, 3.05) is 19.7 Å². The summed E-state index contributed by atoms with van der Waals surface area (Å²) < 4.78 is 7.66. The van der Waals surface area contributed by atoms with Crippen LogP contribution in [-0.4, -0.2) is 45.5 Å². The fourth-order valence-corrected chi connectivity index (χ4v) is 3.94. The van der Waals surface area contributed by atoms with Crippen molar-refractivity contribution in [3.63, 3.8) is 0 Å². The molecule has 0 N–H and O–H groups in total. The number of hydrogen-bond donors (Lipinski definition) is 0. The second-order valence-electron chi connectivity index (χ2n) is 7.73. The second kappa shape index (κ2) is 9.30. The first-order valence-electron chi connectivity index (χ1n) is 10.2. The number of hydrogen-bond acceptors (Lipinski definition) is 4. The van der Waals surface area contributed by atoms with E-state index in [1.807, 2.05) is 60.4 Å². The molecule has 2 heterocycles. The molecule has 3 aromatic rings. The summed E-state index contributed by atoms with van der Waals surface area (Å²) in [5.41, 5.74) is 2.42. The van der Waals surface area contributed by atoms with Crippen LogP contribution in [0.5, 0.6) is 5.75 Å². The number of carbonyl (C=O) groups excluding carboxylic acids is 1. The second-order valence-corrected chi connectivity index (χ2v) is 8.14. The Labute approximate surface area is 181 Å². The van der Waals surface area contributed by atoms with Crippen LogP contribution in [0.25, 0.3) is 0 Å². The first kappa shape index (κ1) is 20.4. The van der Waals surface area contributed by atoms with E-state index in [0.29, 0.717) is 36.3 Å². The quantitative estimate of drug-likeness (QED) is 0.594. The van der Waals surface area contributed by atoms with Crippen LogP contribution in [-0.2, 0) is 6.54 Å². The van der Waals surface area contributed by atoms with E-state index in [1.165, 1.54) is 0 Å². The van der Waals surface area contributed by atoms with Crippen LogP contribution in [0.3, 0.4) is 0 Å². The minimum Gasteiger partial charge on any atom is -0.493 e. The molecule has 1 amide bonds. The molecule has 30 heavy (non-hydrogen) atoms. The highest BCUT2D eigenvalue weighted by Crippen LogP contribution is 2.22. The summed E-state index contributed by atoms with van der Waals surface area (Å²) in [6.07, 6.45) is 3.70. The minimum atomic E-state index is -0.0824. The lowest BCUT2D eigenvalue weighted by Gasteiger charge is -2.32. The topological polar surface area (TPSA) is 60.2 Å². The van der Waals surface area contributed by atoms with Gasteiger partial charge in [-0.1, -0.05) is 53.2 Å². The van der Waals surface area contributed by atoms with Crippen LogP contribution >= 0.6 is 11.6 Å². The Morgan fingerprint density at radius 2 is 2.00 bits per heavy atom. The number of ether oxygens (including phenoxy) is 1. The van der Waals surface area contributed by atoms with Gasteiger partial charge in [0.2, 0.25) is 0 Å². The van der Waals surface area contributed by atoms with E-state index in [1.54, 1.807) is 10.9 Å². The number of piperidine rings is 1. The lowest BCUT2D eigenvalue weighted by atomic mass is 9.98. The summed E-state index contributed by atoms with van der Waals surface area (Å²) in [6, 6.07) is 15.6. The van der Waals surface area contributed by atoms with E-state index >= 15 is 0 Å². The zero-order chi connectivity index (χ0) is 20.9. The molecule has 1 saturated heterocycles. The van der Waals surface area contributed by atoms with Crippen molar-refractivity contribution in [1.82, 2.24) is 19.9 Å². The molecule has 0 aliphatic carbocycles. The molecular weight excluding hydrogens is 400 g/mol. The largest absolute Gasteiger partial charge is 0.493 e. The Morgan fingerprint density at radius 1 is 1.20 bits per heavy atom. The average molecular weight is 425 g/mol. The number of amides is 1. The maximum atomic E-state index is 12.9. The van der Waals surface area contributed by atoms with Crippen LogP contribution in [0.1, 0.15) is 34.5 Å². The van der Waals surface area contributed by atoms with Gasteiger partial charge in [0.05, 0.1) is 19.3 Å². The zero-order valence-electron chi connectivity index (χ0n) is 17.0. The molecule has 1 aliphatic heterocycles. The molecule has 4 rings (SSSR count). The summed E-state index contributed by atoms with van der Waals surface area (Å²) in [5, 5.41) is 8.88. The van der Waals surface area contributed by atoms with Crippen molar-refractivity contribution in [3.8, 4) is 5.75 Å². The third-order valence-corrected chi connectivity index (χ3v) is 5.79. The van der Waals surface area contributed by atoms with Gasteiger partial charge in [0, 0.05) is 24.0 Å². The van der Waals surface area contributed by atoms with Gasteiger partial charge in [-0.2, -0.15) is 0 Å². The molecule has 1 aliphatic rings. The van der Waals surface area contributed by atoms with Crippen molar-refractivity contribution < 1.29 is 9.53 Å². The Morgan fingerprint density at radius 3 is 2.83 bits per heavy atom. The molecule has 1 fully saturated rings. The molecule has 6 nitrogen and oxygen atoms in total. The average Bonchev–Trinajstić information content (AvgIpc) is 3.23. The molecule has 0 bridgehead atoms. The fourth-order valence-electron chi connectivity index (χ4n) is 3.75. The normalized spacial score (nSPS) is 16.5. The number of para-hydroxylation sites is 1. The molecule has 0 unspecified atom stereocenters. The highest BCUT2D eigenvalue weighted by atomic mass is 35.5. The predicted molar refractivity (Wildman–Crippen MR) is 116 cm³/mol. The Hall–Kier alpha value is -2.86. The van der Waals surface area contributed by atoms with Gasteiger partial charge >= 0.3 is 0 Å². The number of aryl methyl sites for hydroxylation is 1. The smallest absolute Gasteiger partial charge is 0.276 e. The summed E-state index contributed by atoms with van der Waals surface area (Å²) in [6.45, 7) is 4.53. The molecule has 156 valence electrons. The highest BCUT2D eigenvalue weighted by molar-refractivity contribution is 6.31. The zero-order valence-corrected chi connectivity index (χ0v) is 17.8. The van der Waals surface area contributed by atoms with Gasteiger partial charge in [-0.3, -0.25) is 4.79 Å². The number of rotatable bonds is 6. The van der Waals surface area contributed by atoms with Crippen LogP contribution in [0.4, 0.5) is 0 Å². The molecule has 0 radical (unpaired) electrons. The molecular formula is C23H25ClN4O2. The number of benzene rings is 2. The molecule has 0 saturated carbocycles. The van der Waals surface area contributed by atoms with Gasteiger partial charge in [0.25, 0.3) is 5.91 Å². The van der Waals surface area contributed by atoms with E-state index in [-0.39, 0.29) is 5.91 Å². The van der Waals surface area contributed by atoms with Crippen LogP contribution in [0, 0.1) is 12.8 Å². The first-order chi connectivity index (χ1) is 14.6. The van der Waals surface area contributed by atoms with Crippen LogP contribution in [0.15, 0.2) is 54.7 Å². The van der Waals surface area contributed by atoms with Gasteiger partial charge in [-0.05, 0) is 43.0 Å². The molecule has 0 spiro atoms. The number of nitrogens with zero attached hydrogens (tertiary/aromatic N) is 4. The maximum Gasteiger partial charge on any atom is 0.276 e. The highest BCUT2D eigenvalue weighted by Gasteiger charge is 2.26. The SMILES string of the molecule is Cc1ccccc1OC[C@@H]1CCCN(C(=O)c2cn(Cc3ccccc3Cl)nn2)C1. The molecule has 7 heteroatoms. The summed E-state index contributed by atoms with van der Waals surface area (Å²) in [7, 11) is 0. The van der Waals surface area contributed by atoms with Crippen molar-refractivity contribution in [2.24, 2.45) is 5.92 Å². The summed E-state index contributed by atoms with van der Waals surface area (Å²) in [4.78, 5) is 14.8. The summed E-state index contributed by atoms with van der Waals surface area (Å²) in [5.74, 6) is 1.13. The van der Waals surface area contributed by atoms with Gasteiger partial charge in [-0.25, -0.2) is 4.68 Å². The Balaban J connectivity index is 1.36.